The number of nitrogens with zero attached hydrogens (tertiary/aromatic N) is 3. The Labute approximate surface area is 119 Å². The third kappa shape index (κ3) is 3.17. The van der Waals surface area contributed by atoms with Crippen LogP contribution in [0.2, 0.25) is 0 Å². The lowest BCUT2D eigenvalue weighted by molar-refractivity contribution is -0.149. The molecule has 0 bridgehead atoms. The summed E-state index contributed by atoms with van der Waals surface area (Å²) in [5.41, 5.74) is -0.658. The van der Waals surface area contributed by atoms with E-state index < -0.39 is 5.60 Å². The molecule has 1 aromatic heterocycles. The summed E-state index contributed by atoms with van der Waals surface area (Å²) in [6.07, 6.45) is 2.32. The molecule has 0 radical (unpaired) electrons. The van der Waals surface area contributed by atoms with Crippen LogP contribution in [-0.4, -0.2) is 46.7 Å². The number of ether oxygens (including phenoxy) is 1. The Kier molecular flexibility index (Phi) is 4.42. The maximum Gasteiger partial charge on any atom is 0.254 e. The first-order valence-electron chi connectivity index (χ1n) is 7.14. The van der Waals surface area contributed by atoms with Gasteiger partial charge in [0.05, 0.1) is 0 Å². The molecule has 6 nitrogen and oxygen atoms in total. The highest BCUT2D eigenvalue weighted by Crippen LogP contribution is 2.26. The van der Waals surface area contributed by atoms with Gasteiger partial charge in [0.25, 0.3) is 5.91 Å². The smallest absolute Gasteiger partial charge is 0.254 e. The molecule has 112 valence electrons. The molecule has 0 N–H and O–H groups in total. The predicted octanol–water partition coefficient (Wildman–Crippen LogP) is 1.76. The topological polar surface area (TPSA) is 68.5 Å². The third-order valence-corrected chi connectivity index (χ3v) is 3.67. The molecule has 1 aliphatic rings. The minimum Gasteiger partial charge on any atom is -0.365 e. The highest BCUT2D eigenvalue weighted by atomic mass is 16.5. The molecule has 1 aromatic rings. The highest BCUT2D eigenvalue weighted by Gasteiger charge is 2.39. The summed E-state index contributed by atoms with van der Waals surface area (Å²) >= 11 is 0. The number of aromatic nitrogens is 2. The zero-order valence-corrected chi connectivity index (χ0v) is 12.7. The van der Waals surface area contributed by atoms with E-state index in [0.717, 1.165) is 12.8 Å². The normalized spacial score (nSPS) is 22.4. The van der Waals surface area contributed by atoms with Crippen molar-refractivity contribution in [3.05, 3.63) is 11.7 Å². The number of rotatable bonds is 5. The van der Waals surface area contributed by atoms with Crippen LogP contribution in [0.4, 0.5) is 0 Å². The first-order valence-corrected chi connectivity index (χ1v) is 7.14. The quantitative estimate of drug-likeness (QED) is 0.822. The van der Waals surface area contributed by atoms with Crippen molar-refractivity contribution in [1.82, 2.24) is 15.0 Å². The fraction of sp³-hybridized carbons (Fsp3) is 0.786. The number of carbonyl (C=O) groups excluding carboxylic acids is 1. The molecule has 1 fully saturated rings. The summed E-state index contributed by atoms with van der Waals surface area (Å²) in [4.78, 5) is 18.3. The Bertz CT molecular complexity index is 464. The molecule has 2 rings (SSSR count). The van der Waals surface area contributed by atoms with Crippen molar-refractivity contribution in [1.29, 1.82) is 0 Å². The van der Waals surface area contributed by atoms with Crippen LogP contribution in [0.15, 0.2) is 4.52 Å². The summed E-state index contributed by atoms with van der Waals surface area (Å²) < 4.78 is 10.7. The first kappa shape index (κ1) is 15.0. The average molecular weight is 281 g/mol. The van der Waals surface area contributed by atoms with Gasteiger partial charge in [0, 0.05) is 32.5 Å². The van der Waals surface area contributed by atoms with Crippen LogP contribution in [0.25, 0.3) is 0 Å². The zero-order valence-electron chi connectivity index (χ0n) is 12.7. The molecule has 6 heteroatoms. The SMILES string of the molecule is CC(C)c1nc(CCN(C)C(=O)C2(C)CCCO2)no1. The monoisotopic (exact) mass is 281 g/mol. The van der Waals surface area contributed by atoms with Crippen LogP contribution >= 0.6 is 0 Å². The second kappa shape index (κ2) is 5.91. The molecule has 20 heavy (non-hydrogen) atoms. The molecular weight excluding hydrogens is 258 g/mol. The van der Waals surface area contributed by atoms with Crippen LogP contribution in [0, 0.1) is 0 Å². The van der Waals surface area contributed by atoms with Crippen molar-refractivity contribution in [3.8, 4) is 0 Å². The van der Waals surface area contributed by atoms with E-state index in [4.69, 9.17) is 9.26 Å². The molecule has 1 atom stereocenters. The summed E-state index contributed by atoms with van der Waals surface area (Å²) in [6.45, 7) is 7.11. The molecule has 0 spiro atoms. The van der Waals surface area contributed by atoms with Gasteiger partial charge in [-0.05, 0) is 19.8 Å². The lowest BCUT2D eigenvalue weighted by Crippen LogP contribution is -2.45. The minimum atomic E-state index is -0.658. The summed E-state index contributed by atoms with van der Waals surface area (Å²) in [6, 6.07) is 0. The van der Waals surface area contributed by atoms with Crippen LogP contribution in [0.5, 0.6) is 0 Å². The number of likely N-dealkylation sites (N-methyl/N-ethyl adjacent to an activating group) is 1. The number of hydrogen-bond donors (Lipinski definition) is 0. The van der Waals surface area contributed by atoms with Crippen LogP contribution in [0.1, 0.15) is 51.2 Å². The lowest BCUT2D eigenvalue weighted by atomic mass is 10.0. The molecular formula is C14H23N3O3. The van der Waals surface area contributed by atoms with Gasteiger partial charge in [-0.2, -0.15) is 4.98 Å². The Hall–Kier alpha value is -1.43. The lowest BCUT2D eigenvalue weighted by Gasteiger charge is -2.28. The maximum absolute atomic E-state index is 12.3. The van der Waals surface area contributed by atoms with E-state index in [1.54, 1.807) is 11.9 Å². The summed E-state index contributed by atoms with van der Waals surface area (Å²) in [5, 5.41) is 3.93. The van der Waals surface area contributed by atoms with E-state index in [1.165, 1.54) is 0 Å². The van der Waals surface area contributed by atoms with Gasteiger partial charge in [-0.25, -0.2) is 0 Å². The van der Waals surface area contributed by atoms with Crippen LogP contribution < -0.4 is 0 Å². The van der Waals surface area contributed by atoms with Gasteiger partial charge in [0.1, 0.15) is 5.60 Å². The van der Waals surface area contributed by atoms with Gasteiger partial charge in [0.15, 0.2) is 5.82 Å². The van der Waals surface area contributed by atoms with Crippen molar-refractivity contribution in [2.75, 3.05) is 20.2 Å². The van der Waals surface area contributed by atoms with E-state index in [-0.39, 0.29) is 11.8 Å². The van der Waals surface area contributed by atoms with Crippen molar-refractivity contribution in [2.24, 2.45) is 0 Å². The Balaban J connectivity index is 1.88. The van der Waals surface area contributed by atoms with Crippen molar-refractivity contribution in [3.63, 3.8) is 0 Å². The molecule has 0 aromatic carbocycles. The largest absolute Gasteiger partial charge is 0.365 e. The Morgan fingerprint density at radius 2 is 2.25 bits per heavy atom. The predicted molar refractivity (Wildman–Crippen MR) is 73.3 cm³/mol. The Morgan fingerprint density at radius 1 is 1.50 bits per heavy atom. The number of hydrogen-bond acceptors (Lipinski definition) is 5. The fourth-order valence-electron chi connectivity index (χ4n) is 2.32. The van der Waals surface area contributed by atoms with E-state index in [9.17, 15) is 4.79 Å². The number of amides is 1. The summed E-state index contributed by atoms with van der Waals surface area (Å²) in [7, 11) is 1.79. The standard InChI is InChI=1S/C14H23N3O3/c1-10(2)12-15-11(16-20-12)6-8-17(4)13(18)14(3)7-5-9-19-14/h10H,5-9H2,1-4H3. The van der Waals surface area contributed by atoms with Crippen molar-refractivity contribution >= 4 is 5.91 Å². The molecule has 0 saturated carbocycles. The minimum absolute atomic E-state index is 0.0302. The van der Waals surface area contributed by atoms with Gasteiger partial charge in [-0.3, -0.25) is 4.79 Å². The van der Waals surface area contributed by atoms with Crippen molar-refractivity contribution < 1.29 is 14.1 Å². The van der Waals surface area contributed by atoms with Crippen LogP contribution in [-0.2, 0) is 16.0 Å². The van der Waals surface area contributed by atoms with Gasteiger partial charge >= 0.3 is 0 Å². The number of carbonyl (C=O) groups is 1. The molecule has 1 aliphatic heterocycles. The molecule has 1 amide bonds. The average Bonchev–Trinajstić information content (AvgIpc) is 3.04. The molecule has 1 unspecified atom stereocenters. The summed E-state index contributed by atoms with van der Waals surface area (Å²) in [5.74, 6) is 1.54. The molecule has 0 aliphatic carbocycles. The van der Waals surface area contributed by atoms with Crippen molar-refractivity contribution in [2.45, 2.75) is 51.6 Å². The molecule has 2 heterocycles. The second-order valence-electron chi connectivity index (χ2n) is 5.86. The fourth-order valence-corrected chi connectivity index (χ4v) is 2.32. The molecule has 1 saturated heterocycles. The zero-order chi connectivity index (χ0) is 14.8. The van der Waals surface area contributed by atoms with Gasteiger partial charge in [0.2, 0.25) is 5.89 Å². The Morgan fingerprint density at radius 3 is 2.80 bits per heavy atom. The first-order chi connectivity index (χ1) is 9.42. The highest BCUT2D eigenvalue weighted by molar-refractivity contribution is 5.84. The van der Waals surface area contributed by atoms with Gasteiger partial charge in [-0.15, -0.1) is 0 Å². The third-order valence-electron chi connectivity index (χ3n) is 3.67. The van der Waals surface area contributed by atoms with E-state index >= 15 is 0 Å². The van der Waals surface area contributed by atoms with Gasteiger partial charge < -0.3 is 14.2 Å². The maximum atomic E-state index is 12.3. The van der Waals surface area contributed by atoms with Gasteiger partial charge in [-0.1, -0.05) is 19.0 Å². The van der Waals surface area contributed by atoms with E-state index in [2.05, 4.69) is 10.1 Å². The van der Waals surface area contributed by atoms with E-state index in [0.29, 0.717) is 31.3 Å². The van der Waals surface area contributed by atoms with Crippen LogP contribution in [0.3, 0.4) is 0 Å². The van der Waals surface area contributed by atoms with E-state index in [1.807, 2.05) is 20.8 Å². The second-order valence-corrected chi connectivity index (χ2v) is 5.86.